The first-order chi connectivity index (χ1) is 10.4. The normalized spacial score (nSPS) is 10.9. The summed E-state index contributed by atoms with van der Waals surface area (Å²) in [5, 5.41) is 9.79. The van der Waals surface area contributed by atoms with Crippen molar-refractivity contribution in [1.29, 1.82) is 0 Å². The van der Waals surface area contributed by atoms with Crippen LogP contribution in [0.25, 0.3) is 0 Å². The van der Waals surface area contributed by atoms with Crippen molar-refractivity contribution in [2.24, 2.45) is 4.99 Å². The SMILES string of the molecule is COC(=O)c1cccc(N=Cc2cc(C)c(O)c(C)c2)c1C. The van der Waals surface area contributed by atoms with Gasteiger partial charge in [0.2, 0.25) is 0 Å². The molecule has 0 radical (unpaired) electrons. The zero-order valence-electron chi connectivity index (χ0n) is 13.2. The van der Waals surface area contributed by atoms with Crippen molar-refractivity contribution < 1.29 is 14.6 Å². The third-order valence-corrected chi connectivity index (χ3v) is 3.58. The van der Waals surface area contributed by atoms with Crippen LogP contribution in [0.1, 0.15) is 32.6 Å². The number of aliphatic imine (C=N–C) groups is 1. The van der Waals surface area contributed by atoms with Gasteiger partial charge in [-0.15, -0.1) is 0 Å². The third-order valence-electron chi connectivity index (χ3n) is 3.58. The Bertz CT molecular complexity index is 725. The number of hydrogen-bond acceptors (Lipinski definition) is 4. The van der Waals surface area contributed by atoms with E-state index in [0.717, 1.165) is 22.3 Å². The summed E-state index contributed by atoms with van der Waals surface area (Å²) in [6.07, 6.45) is 1.73. The number of phenolic OH excluding ortho intramolecular Hbond substituents is 1. The average molecular weight is 297 g/mol. The Morgan fingerprint density at radius 3 is 2.41 bits per heavy atom. The summed E-state index contributed by atoms with van der Waals surface area (Å²) in [5.74, 6) is -0.0631. The molecule has 0 heterocycles. The van der Waals surface area contributed by atoms with Crippen molar-refractivity contribution in [1.82, 2.24) is 0 Å². The van der Waals surface area contributed by atoms with Crippen LogP contribution >= 0.6 is 0 Å². The van der Waals surface area contributed by atoms with Crippen molar-refractivity contribution >= 4 is 17.9 Å². The van der Waals surface area contributed by atoms with Gasteiger partial charge < -0.3 is 9.84 Å². The van der Waals surface area contributed by atoms with E-state index in [1.807, 2.05) is 39.0 Å². The van der Waals surface area contributed by atoms with Gasteiger partial charge in [0.25, 0.3) is 0 Å². The molecule has 1 N–H and O–H groups in total. The number of carbonyl (C=O) groups is 1. The minimum Gasteiger partial charge on any atom is -0.507 e. The van der Waals surface area contributed by atoms with E-state index in [2.05, 4.69) is 4.99 Å². The fourth-order valence-corrected chi connectivity index (χ4v) is 2.30. The van der Waals surface area contributed by atoms with Gasteiger partial charge in [0.15, 0.2) is 0 Å². The molecule has 2 aromatic carbocycles. The summed E-state index contributed by atoms with van der Waals surface area (Å²) in [5.41, 5.74) is 4.51. The van der Waals surface area contributed by atoms with Crippen LogP contribution in [0.15, 0.2) is 35.3 Å². The van der Waals surface area contributed by atoms with Crippen LogP contribution < -0.4 is 0 Å². The number of nitrogens with zero attached hydrogens (tertiary/aromatic N) is 1. The summed E-state index contributed by atoms with van der Waals surface area (Å²) < 4.78 is 4.76. The lowest BCUT2D eigenvalue weighted by Gasteiger charge is -2.07. The van der Waals surface area contributed by atoms with Gasteiger partial charge in [-0.1, -0.05) is 6.07 Å². The molecule has 4 nitrogen and oxygen atoms in total. The maximum absolute atomic E-state index is 11.7. The van der Waals surface area contributed by atoms with Crippen LogP contribution in [0.2, 0.25) is 0 Å². The summed E-state index contributed by atoms with van der Waals surface area (Å²) >= 11 is 0. The van der Waals surface area contributed by atoms with Gasteiger partial charge in [0.05, 0.1) is 18.4 Å². The zero-order valence-corrected chi connectivity index (χ0v) is 13.2. The highest BCUT2D eigenvalue weighted by Gasteiger charge is 2.11. The number of methoxy groups -OCH3 is 1. The molecule has 0 aliphatic carbocycles. The predicted molar refractivity (Wildman–Crippen MR) is 87.4 cm³/mol. The van der Waals surface area contributed by atoms with E-state index in [1.165, 1.54) is 7.11 Å². The van der Waals surface area contributed by atoms with Gasteiger partial charge in [-0.2, -0.15) is 0 Å². The first kappa shape index (κ1) is 15.8. The Kier molecular flexibility index (Phi) is 4.61. The van der Waals surface area contributed by atoms with E-state index in [0.29, 0.717) is 17.0 Å². The highest BCUT2D eigenvalue weighted by atomic mass is 16.5. The Labute approximate surface area is 130 Å². The highest BCUT2D eigenvalue weighted by Crippen LogP contribution is 2.24. The van der Waals surface area contributed by atoms with Crippen molar-refractivity contribution in [2.75, 3.05) is 7.11 Å². The number of esters is 1. The molecule has 0 aliphatic rings. The van der Waals surface area contributed by atoms with Crippen LogP contribution in [-0.2, 0) is 4.74 Å². The smallest absolute Gasteiger partial charge is 0.338 e. The molecule has 0 saturated heterocycles. The van der Waals surface area contributed by atoms with Gasteiger partial charge in [-0.05, 0) is 67.3 Å². The first-order valence-electron chi connectivity index (χ1n) is 6.96. The number of rotatable bonds is 3. The van der Waals surface area contributed by atoms with Crippen LogP contribution in [0.5, 0.6) is 5.75 Å². The third kappa shape index (κ3) is 3.17. The van der Waals surface area contributed by atoms with Crippen molar-refractivity contribution in [3.8, 4) is 5.75 Å². The van der Waals surface area contributed by atoms with Gasteiger partial charge >= 0.3 is 5.97 Å². The van der Waals surface area contributed by atoms with Crippen molar-refractivity contribution in [2.45, 2.75) is 20.8 Å². The van der Waals surface area contributed by atoms with E-state index in [4.69, 9.17) is 4.74 Å². The minimum absolute atomic E-state index is 0.306. The highest BCUT2D eigenvalue weighted by molar-refractivity contribution is 5.93. The Hall–Kier alpha value is -2.62. The number of benzene rings is 2. The Balaban J connectivity index is 2.37. The van der Waals surface area contributed by atoms with E-state index in [1.54, 1.807) is 18.3 Å². The second kappa shape index (κ2) is 6.43. The lowest BCUT2D eigenvalue weighted by Crippen LogP contribution is -2.03. The Morgan fingerprint density at radius 1 is 1.18 bits per heavy atom. The molecular formula is C18H19NO3. The van der Waals surface area contributed by atoms with E-state index < -0.39 is 0 Å². The molecule has 0 aromatic heterocycles. The summed E-state index contributed by atoms with van der Waals surface area (Å²) in [4.78, 5) is 16.1. The summed E-state index contributed by atoms with van der Waals surface area (Å²) in [6, 6.07) is 9.07. The number of aryl methyl sites for hydroxylation is 2. The first-order valence-corrected chi connectivity index (χ1v) is 6.96. The number of ether oxygens (including phenoxy) is 1. The quantitative estimate of drug-likeness (QED) is 0.691. The summed E-state index contributed by atoms with van der Waals surface area (Å²) in [7, 11) is 1.36. The monoisotopic (exact) mass is 297 g/mol. The minimum atomic E-state index is -0.370. The van der Waals surface area contributed by atoms with Crippen LogP contribution in [0.4, 0.5) is 5.69 Å². The van der Waals surface area contributed by atoms with Crippen molar-refractivity contribution in [3.63, 3.8) is 0 Å². The maximum atomic E-state index is 11.7. The molecule has 0 atom stereocenters. The van der Waals surface area contributed by atoms with E-state index in [9.17, 15) is 9.90 Å². The maximum Gasteiger partial charge on any atom is 0.338 e. The predicted octanol–water partition coefficient (Wildman–Crippen LogP) is 3.85. The van der Waals surface area contributed by atoms with Gasteiger partial charge in [-0.25, -0.2) is 4.79 Å². The molecule has 22 heavy (non-hydrogen) atoms. The van der Waals surface area contributed by atoms with Crippen LogP contribution in [-0.4, -0.2) is 24.4 Å². The average Bonchev–Trinajstić information content (AvgIpc) is 2.50. The van der Waals surface area contributed by atoms with Gasteiger partial charge in [0.1, 0.15) is 5.75 Å². The van der Waals surface area contributed by atoms with Gasteiger partial charge in [0, 0.05) is 6.21 Å². The number of hydrogen-bond donors (Lipinski definition) is 1. The molecule has 0 unspecified atom stereocenters. The molecule has 0 bridgehead atoms. The molecular weight excluding hydrogens is 278 g/mol. The zero-order chi connectivity index (χ0) is 16.3. The summed E-state index contributed by atoms with van der Waals surface area (Å²) in [6.45, 7) is 5.54. The van der Waals surface area contributed by atoms with Gasteiger partial charge in [-0.3, -0.25) is 4.99 Å². The number of phenols is 1. The van der Waals surface area contributed by atoms with E-state index >= 15 is 0 Å². The lowest BCUT2D eigenvalue weighted by molar-refractivity contribution is 0.0600. The van der Waals surface area contributed by atoms with Crippen LogP contribution in [0.3, 0.4) is 0 Å². The largest absolute Gasteiger partial charge is 0.507 e. The standard InChI is InChI=1S/C18H19NO3/c1-11-8-14(9-12(2)17(11)20)10-19-16-7-5-6-15(13(16)3)18(21)22-4/h5-10,20H,1-4H3. The molecule has 2 rings (SSSR count). The fraction of sp³-hybridized carbons (Fsp3) is 0.222. The molecule has 2 aromatic rings. The second-order valence-electron chi connectivity index (χ2n) is 5.20. The molecule has 0 spiro atoms. The number of aromatic hydroxyl groups is 1. The second-order valence-corrected chi connectivity index (χ2v) is 5.20. The fourth-order valence-electron chi connectivity index (χ4n) is 2.30. The molecule has 0 aliphatic heterocycles. The molecule has 0 fully saturated rings. The molecule has 0 saturated carbocycles. The molecule has 4 heteroatoms. The number of carbonyl (C=O) groups excluding carboxylic acids is 1. The van der Waals surface area contributed by atoms with E-state index in [-0.39, 0.29) is 5.97 Å². The molecule has 0 amide bonds. The lowest BCUT2D eigenvalue weighted by atomic mass is 10.1. The molecule has 114 valence electrons. The van der Waals surface area contributed by atoms with Crippen LogP contribution in [0, 0.1) is 20.8 Å². The van der Waals surface area contributed by atoms with Crippen molar-refractivity contribution in [3.05, 3.63) is 58.1 Å². The topological polar surface area (TPSA) is 58.9 Å². The Morgan fingerprint density at radius 2 is 1.82 bits per heavy atom.